The fourth-order valence-electron chi connectivity index (χ4n) is 2.27. The molecule has 5 N–H and O–H groups in total. The molecule has 0 bridgehead atoms. The first-order valence-corrected chi connectivity index (χ1v) is 6.55. The molecule has 0 saturated heterocycles. The molecule has 0 aromatic heterocycles. The van der Waals surface area contributed by atoms with E-state index in [1.54, 1.807) is 18.2 Å². The molecule has 5 heteroatoms. The first-order valence-electron chi connectivity index (χ1n) is 6.17. The van der Waals surface area contributed by atoms with Crippen LogP contribution in [-0.2, 0) is 0 Å². The van der Waals surface area contributed by atoms with Crippen molar-refractivity contribution in [3.8, 4) is 0 Å². The summed E-state index contributed by atoms with van der Waals surface area (Å²) < 4.78 is 0. The molecule has 0 atom stereocenters. The molecule has 0 unspecified atom stereocenters. The van der Waals surface area contributed by atoms with Crippen LogP contribution in [0.3, 0.4) is 0 Å². The van der Waals surface area contributed by atoms with Crippen LogP contribution in [0.1, 0.15) is 36.0 Å². The highest BCUT2D eigenvalue weighted by Gasteiger charge is 2.19. The molecular formula is C13H18ClN3O. The molecule has 1 aromatic carbocycles. The van der Waals surface area contributed by atoms with Gasteiger partial charge in [0.1, 0.15) is 0 Å². The van der Waals surface area contributed by atoms with E-state index in [1.807, 2.05) is 0 Å². The van der Waals surface area contributed by atoms with Gasteiger partial charge >= 0.3 is 0 Å². The van der Waals surface area contributed by atoms with E-state index in [4.69, 9.17) is 23.1 Å². The number of anilines is 1. The molecule has 1 saturated carbocycles. The molecule has 1 aliphatic rings. The second kappa shape index (κ2) is 5.59. The van der Waals surface area contributed by atoms with Crippen molar-refractivity contribution < 1.29 is 4.79 Å². The van der Waals surface area contributed by atoms with Gasteiger partial charge in [0.15, 0.2) is 0 Å². The van der Waals surface area contributed by atoms with Gasteiger partial charge in [0.05, 0.1) is 10.7 Å². The van der Waals surface area contributed by atoms with Crippen molar-refractivity contribution in [3.63, 3.8) is 0 Å². The summed E-state index contributed by atoms with van der Waals surface area (Å²) in [5, 5.41) is 3.98. The van der Waals surface area contributed by atoms with Crippen molar-refractivity contribution in [2.24, 2.45) is 11.5 Å². The van der Waals surface area contributed by atoms with Gasteiger partial charge in [-0.25, -0.2) is 0 Å². The average Bonchev–Trinajstić information content (AvgIpc) is 2.34. The van der Waals surface area contributed by atoms with Gasteiger partial charge in [-0.3, -0.25) is 4.79 Å². The zero-order valence-corrected chi connectivity index (χ0v) is 10.9. The minimum Gasteiger partial charge on any atom is -0.381 e. The molecule has 18 heavy (non-hydrogen) atoms. The van der Waals surface area contributed by atoms with Gasteiger partial charge in [-0.15, -0.1) is 0 Å². The lowest BCUT2D eigenvalue weighted by molar-refractivity contribution is 0.100. The van der Waals surface area contributed by atoms with Crippen LogP contribution in [0.5, 0.6) is 0 Å². The lowest BCUT2D eigenvalue weighted by Crippen LogP contribution is -2.32. The van der Waals surface area contributed by atoms with Crippen LogP contribution in [-0.4, -0.2) is 18.0 Å². The first-order chi connectivity index (χ1) is 8.56. The summed E-state index contributed by atoms with van der Waals surface area (Å²) in [5.41, 5.74) is 12.4. The highest BCUT2D eigenvalue weighted by molar-refractivity contribution is 6.33. The van der Waals surface area contributed by atoms with Gasteiger partial charge < -0.3 is 16.8 Å². The number of carbonyl (C=O) groups is 1. The summed E-state index contributed by atoms with van der Waals surface area (Å²) in [6, 6.07) is 5.71. The van der Waals surface area contributed by atoms with Gasteiger partial charge in [-0.2, -0.15) is 0 Å². The first kappa shape index (κ1) is 13.2. The van der Waals surface area contributed by atoms with Gasteiger partial charge in [-0.1, -0.05) is 11.6 Å². The van der Waals surface area contributed by atoms with Crippen LogP contribution in [0.4, 0.5) is 5.69 Å². The molecule has 0 spiro atoms. The van der Waals surface area contributed by atoms with Crippen molar-refractivity contribution in [1.29, 1.82) is 0 Å². The normalized spacial score (nSPS) is 23.7. The number of nitrogens with two attached hydrogens (primary N) is 2. The standard InChI is InChI=1S/C13H18ClN3O/c14-11-6-1-8(13(16)18)7-12(11)17-10-4-2-9(15)3-5-10/h1,6-7,9-10,17H,2-5,15H2,(H2,16,18). The minimum absolute atomic E-state index is 0.315. The quantitative estimate of drug-likeness (QED) is 0.785. The summed E-state index contributed by atoms with van der Waals surface area (Å²) in [6.45, 7) is 0. The molecule has 2 rings (SSSR count). The molecule has 98 valence electrons. The Hall–Kier alpha value is -1.26. The summed E-state index contributed by atoms with van der Waals surface area (Å²) in [5.74, 6) is -0.444. The highest BCUT2D eigenvalue weighted by atomic mass is 35.5. The van der Waals surface area contributed by atoms with Crippen molar-refractivity contribution >= 4 is 23.2 Å². The van der Waals surface area contributed by atoms with Crippen molar-refractivity contribution in [3.05, 3.63) is 28.8 Å². The monoisotopic (exact) mass is 267 g/mol. The van der Waals surface area contributed by atoms with Crippen molar-refractivity contribution in [1.82, 2.24) is 0 Å². The molecule has 1 amide bonds. The molecule has 1 fully saturated rings. The third-order valence-electron chi connectivity index (χ3n) is 3.38. The van der Waals surface area contributed by atoms with Crippen LogP contribution < -0.4 is 16.8 Å². The molecule has 1 aliphatic carbocycles. The van der Waals surface area contributed by atoms with Crippen molar-refractivity contribution in [2.45, 2.75) is 37.8 Å². The Morgan fingerprint density at radius 2 is 1.94 bits per heavy atom. The minimum atomic E-state index is -0.444. The van der Waals surface area contributed by atoms with Crippen LogP contribution in [0.25, 0.3) is 0 Å². The maximum atomic E-state index is 11.1. The number of hydrogen-bond acceptors (Lipinski definition) is 3. The van der Waals surface area contributed by atoms with Gasteiger partial charge in [-0.05, 0) is 43.9 Å². The number of nitrogens with one attached hydrogen (secondary N) is 1. The van der Waals surface area contributed by atoms with E-state index in [0.717, 1.165) is 31.4 Å². The van der Waals surface area contributed by atoms with E-state index in [2.05, 4.69) is 5.32 Å². The predicted molar refractivity (Wildman–Crippen MR) is 73.8 cm³/mol. The fraction of sp³-hybridized carbons (Fsp3) is 0.462. The highest BCUT2D eigenvalue weighted by Crippen LogP contribution is 2.27. The molecular weight excluding hydrogens is 250 g/mol. The van der Waals surface area contributed by atoms with Crippen LogP contribution in [0, 0.1) is 0 Å². The van der Waals surface area contributed by atoms with Crippen LogP contribution in [0.15, 0.2) is 18.2 Å². The second-order valence-electron chi connectivity index (χ2n) is 4.81. The zero-order chi connectivity index (χ0) is 13.1. The third kappa shape index (κ3) is 3.15. The maximum Gasteiger partial charge on any atom is 0.248 e. The topological polar surface area (TPSA) is 81.1 Å². The molecule has 0 aliphatic heterocycles. The lowest BCUT2D eigenvalue weighted by atomic mass is 9.91. The van der Waals surface area contributed by atoms with E-state index >= 15 is 0 Å². The van der Waals surface area contributed by atoms with Gasteiger partial charge in [0.2, 0.25) is 5.91 Å². The predicted octanol–water partition coefficient (Wildman–Crippen LogP) is 2.12. The summed E-state index contributed by atoms with van der Waals surface area (Å²) in [4.78, 5) is 11.1. The summed E-state index contributed by atoms with van der Waals surface area (Å²) >= 11 is 6.11. The number of halogens is 1. The van der Waals surface area contributed by atoms with Crippen molar-refractivity contribution in [2.75, 3.05) is 5.32 Å². The number of primary amides is 1. The number of carbonyl (C=O) groups excluding carboxylic acids is 1. The Bertz CT molecular complexity index is 442. The second-order valence-corrected chi connectivity index (χ2v) is 5.22. The number of amides is 1. The Balaban J connectivity index is 2.08. The van der Waals surface area contributed by atoms with Crippen LogP contribution >= 0.6 is 11.6 Å². The van der Waals surface area contributed by atoms with Gasteiger partial charge in [0.25, 0.3) is 0 Å². The third-order valence-corrected chi connectivity index (χ3v) is 3.71. The maximum absolute atomic E-state index is 11.1. The van der Waals surface area contributed by atoms with E-state index in [9.17, 15) is 4.79 Å². The molecule has 1 aromatic rings. The number of benzene rings is 1. The van der Waals surface area contributed by atoms with E-state index < -0.39 is 5.91 Å². The molecule has 0 radical (unpaired) electrons. The van der Waals surface area contributed by atoms with E-state index in [1.165, 1.54) is 0 Å². The summed E-state index contributed by atoms with van der Waals surface area (Å²) in [7, 11) is 0. The van der Waals surface area contributed by atoms with Gasteiger partial charge in [0, 0.05) is 17.6 Å². The SMILES string of the molecule is NC(=O)c1ccc(Cl)c(NC2CCC(N)CC2)c1. The Kier molecular flexibility index (Phi) is 4.09. The zero-order valence-electron chi connectivity index (χ0n) is 10.2. The fourth-order valence-corrected chi connectivity index (χ4v) is 2.44. The largest absolute Gasteiger partial charge is 0.381 e. The number of hydrogen-bond donors (Lipinski definition) is 3. The molecule has 0 heterocycles. The average molecular weight is 268 g/mol. The lowest BCUT2D eigenvalue weighted by Gasteiger charge is -2.28. The van der Waals surface area contributed by atoms with Crippen LogP contribution in [0.2, 0.25) is 5.02 Å². The number of rotatable bonds is 3. The summed E-state index contributed by atoms with van der Waals surface area (Å²) in [6.07, 6.45) is 4.09. The Morgan fingerprint density at radius 1 is 1.28 bits per heavy atom. The van der Waals surface area contributed by atoms with E-state index in [0.29, 0.717) is 22.7 Å². The van der Waals surface area contributed by atoms with E-state index in [-0.39, 0.29) is 0 Å². The smallest absolute Gasteiger partial charge is 0.248 e. The molecule has 4 nitrogen and oxygen atoms in total. The Morgan fingerprint density at radius 3 is 2.56 bits per heavy atom. The Labute approximate surface area is 112 Å².